The lowest BCUT2D eigenvalue weighted by molar-refractivity contribution is 0.799. The van der Waals surface area contributed by atoms with E-state index in [9.17, 15) is 0 Å². The van der Waals surface area contributed by atoms with Gasteiger partial charge in [0, 0.05) is 5.92 Å². The average molecular weight is 188 g/mol. The minimum atomic E-state index is 0.460. The third kappa shape index (κ3) is 1.31. The largest absolute Gasteiger partial charge is 0.342 e. The standard InChI is InChI=1S/C12H16N2/c1-7(2)12-13-10-6-5-8(3)9(4)11(10)14-12/h5-7H,1-4H3,(H,13,14). The van der Waals surface area contributed by atoms with E-state index in [1.165, 1.54) is 11.1 Å². The monoisotopic (exact) mass is 188 g/mol. The van der Waals surface area contributed by atoms with E-state index in [-0.39, 0.29) is 0 Å². The molecule has 0 atom stereocenters. The van der Waals surface area contributed by atoms with Crippen molar-refractivity contribution in [3.63, 3.8) is 0 Å². The molecule has 0 aliphatic heterocycles. The van der Waals surface area contributed by atoms with E-state index in [1.807, 2.05) is 0 Å². The van der Waals surface area contributed by atoms with Crippen LogP contribution < -0.4 is 0 Å². The third-order valence-electron chi connectivity index (χ3n) is 2.74. The maximum Gasteiger partial charge on any atom is 0.109 e. The zero-order valence-corrected chi connectivity index (χ0v) is 9.18. The van der Waals surface area contributed by atoms with Crippen LogP contribution in [0.3, 0.4) is 0 Å². The van der Waals surface area contributed by atoms with Crippen LogP contribution in [-0.4, -0.2) is 9.97 Å². The van der Waals surface area contributed by atoms with Gasteiger partial charge in [0.1, 0.15) is 5.82 Å². The first-order valence-corrected chi connectivity index (χ1v) is 5.05. The molecule has 1 aromatic carbocycles. The molecule has 0 unspecified atom stereocenters. The highest BCUT2D eigenvalue weighted by Gasteiger charge is 2.08. The number of rotatable bonds is 1. The summed E-state index contributed by atoms with van der Waals surface area (Å²) in [5, 5.41) is 0. The number of aromatic nitrogens is 2. The van der Waals surface area contributed by atoms with Gasteiger partial charge in [0.15, 0.2) is 0 Å². The van der Waals surface area contributed by atoms with Gasteiger partial charge >= 0.3 is 0 Å². The first-order chi connectivity index (χ1) is 6.59. The molecule has 0 saturated heterocycles. The molecule has 0 fully saturated rings. The van der Waals surface area contributed by atoms with Gasteiger partial charge in [-0.05, 0) is 31.0 Å². The fourth-order valence-corrected chi connectivity index (χ4v) is 1.61. The number of nitrogens with zero attached hydrogens (tertiary/aromatic N) is 1. The molecule has 0 radical (unpaired) electrons. The fraction of sp³-hybridized carbons (Fsp3) is 0.417. The molecule has 1 N–H and O–H groups in total. The first kappa shape index (κ1) is 9.25. The van der Waals surface area contributed by atoms with Crippen LogP contribution in [0.15, 0.2) is 12.1 Å². The molecule has 0 amide bonds. The molecule has 14 heavy (non-hydrogen) atoms. The summed E-state index contributed by atoms with van der Waals surface area (Å²) in [7, 11) is 0. The molecule has 0 aliphatic carbocycles. The molecule has 0 spiro atoms. The Kier molecular flexibility index (Phi) is 2.06. The zero-order chi connectivity index (χ0) is 10.3. The van der Waals surface area contributed by atoms with Crippen LogP contribution in [0.1, 0.15) is 36.7 Å². The quantitative estimate of drug-likeness (QED) is 0.730. The first-order valence-electron chi connectivity index (χ1n) is 5.05. The van der Waals surface area contributed by atoms with Crippen molar-refractivity contribution in [1.82, 2.24) is 9.97 Å². The minimum Gasteiger partial charge on any atom is -0.342 e. The second-order valence-electron chi connectivity index (χ2n) is 4.18. The number of aryl methyl sites for hydroxylation is 2. The highest BCUT2D eigenvalue weighted by molar-refractivity contribution is 5.79. The lowest BCUT2D eigenvalue weighted by atomic mass is 10.1. The smallest absolute Gasteiger partial charge is 0.109 e. The van der Waals surface area contributed by atoms with Crippen molar-refractivity contribution in [2.75, 3.05) is 0 Å². The number of benzene rings is 1. The van der Waals surface area contributed by atoms with Crippen LogP contribution in [0.5, 0.6) is 0 Å². The highest BCUT2D eigenvalue weighted by atomic mass is 14.9. The Morgan fingerprint density at radius 3 is 2.57 bits per heavy atom. The molecular weight excluding hydrogens is 172 g/mol. The third-order valence-corrected chi connectivity index (χ3v) is 2.74. The van der Waals surface area contributed by atoms with Gasteiger partial charge in [-0.1, -0.05) is 19.9 Å². The summed E-state index contributed by atoms with van der Waals surface area (Å²) >= 11 is 0. The van der Waals surface area contributed by atoms with Crippen molar-refractivity contribution < 1.29 is 0 Å². The Balaban J connectivity index is 2.71. The summed E-state index contributed by atoms with van der Waals surface area (Å²) in [5.74, 6) is 1.54. The molecule has 1 heterocycles. The summed E-state index contributed by atoms with van der Waals surface area (Å²) in [6, 6.07) is 4.25. The van der Waals surface area contributed by atoms with Crippen molar-refractivity contribution in [1.29, 1.82) is 0 Å². The Morgan fingerprint density at radius 1 is 1.21 bits per heavy atom. The second-order valence-corrected chi connectivity index (χ2v) is 4.18. The number of H-pyrrole nitrogens is 1. The summed E-state index contributed by atoms with van der Waals surface area (Å²) < 4.78 is 0. The molecule has 0 aliphatic rings. The number of hydrogen-bond acceptors (Lipinski definition) is 1. The number of aromatic amines is 1. The van der Waals surface area contributed by atoms with E-state index in [0.29, 0.717) is 5.92 Å². The van der Waals surface area contributed by atoms with Gasteiger partial charge in [-0.3, -0.25) is 0 Å². The van der Waals surface area contributed by atoms with Gasteiger partial charge in [-0.2, -0.15) is 0 Å². The summed E-state index contributed by atoms with van der Waals surface area (Å²) in [5.41, 5.74) is 4.86. The Morgan fingerprint density at radius 2 is 1.93 bits per heavy atom. The zero-order valence-electron chi connectivity index (χ0n) is 9.18. The SMILES string of the molecule is Cc1ccc2[nH]c(C(C)C)nc2c1C. The van der Waals surface area contributed by atoms with Crippen LogP contribution in [-0.2, 0) is 0 Å². The molecule has 2 heteroatoms. The predicted octanol–water partition coefficient (Wildman–Crippen LogP) is 3.30. The maximum absolute atomic E-state index is 4.62. The Labute approximate surface area is 84.4 Å². The summed E-state index contributed by atoms with van der Waals surface area (Å²) in [6.07, 6.45) is 0. The topological polar surface area (TPSA) is 28.7 Å². The van der Waals surface area contributed by atoms with Gasteiger partial charge < -0.3 is 4.98 Å². The molecule has 1 aromatic heterocycles. The van der Waals surface area contributed by atoms with Crippen LogP contribution in [0.25, 0.3) is 11.0 Å². The van der Waals surface area contributed by atoms with E-state index in [1.54, 1.807) is 0 Å². The van der Waals surface area contributed by atoms with Crippen LogP contribution >= 0.6 is 0 Å². The number of hydrogen-bond donors (Lipinski definition) is 1. The molecule has 2 nitrogen and oxygen atoms in total. The van der Waals surface area contributed by atoms with Gasteiger partial charge in [0.2, 0.25) is 0 Å². The van der Waals surface area contributed by atoms with Crippen molar-refractivity contribution in [2.45, 2.75) is 33.6 Å². The molecule has 2 rings (SSSR count). The molecule has 0 bridgehead atoms. The van der Waals surface area contributed by atoms with Crippen molar-refractivity contribution in [3.8, 4) is 0 Å². The summed E-state index contributed by atoms with van der Waals surface area (Å²) in [4.78, 5) is 7.97. The van der Waals surface area contributed by atoms with E-state index < -0.39 is 0 Å². The van der Waals surface area contributed by atoms with Crippen molar-refractivity contribution >= 4 is 11.0 Å². The number of imidazole rings is 1. The summed E-state index contributed by atoms with van der Waals surface area (Å²) in [6.45, 7) is 8.56. The van der Waals surface area contributed by atoms with E-state index in [2.05, 4.69) is 49.8 Å². The van der Waals surface area contributed by atoms with E-state index in [4.69, 9.17) is 0 Å². The van der Waals surface area contributed by atoms with Gasteiger partial charge in [-0.15, -0.1) is 0 Å². The molecule has 0 saturated carbocycles. The molecule has 74 valence electrons. The Hall–Kier alpha value is -1.31. The van der Waals surface area contributed by atoms with Gasteiger partial charge in [-0.25, -0.2) is 4.98 Å². The van der Waals surface area contributed by atoms with E-state index >= 15 is 0 Å². The molecule has 2 aromatic rings. The maximum atomic E-state index is 4.62. The number of fused-ring (bicyclic) bond motifs is 1. The lowest BCUT2D eigenvalue weighted by Crippen LogP contribution is -1.88. The van der Waals surface area contributed by atoms with Crippen molar-refractivity contribution in [2.24, 2.45) is 0 Å². The van der Waals surface area contributed by atoms with Crippen LogP contribution in [0.2, 0.25) is 0 Å². The minimum absolute atomic E-state index is 0.460. The average Bonchev–Trinajstić information content (AvgIpc) is 2.56. The van der Waals surface area contributed by atoms with E-state index in [0.717, 1.165) is 16.9 Å². The lowest BCUT2D eigenvalue weighted by Gasteiger charge is -1.98. The van der Waals surface area contributed by atoms with Crippen molar-refractivity contribution in [3.05, 3.63) is 29.1 Å². The highest BCUT2D eigenvalue weighted by Crippen LogP contribution is 2.21. The molecular formula is C12H16N2. The van der Waals surface area contributed by atoms with Crippen LogP contribution in [0, 0.1) is 13.8 Å². The predicted molar refractivity (Wildman–Crippen MR) is 59.7 cm³/mol. The fourth-order valence-electron chi connectivity index (χ4n) is 1.61. The van der Waals surface area contributed by atoms with Crippen LogP contribution in [0.4, 0.5) is 0 Å². The van der Waals surface area contributed by atoms with Gasteiger partial charge in [0.25, 0.3) is 0 Å². The normalized spacial score (nSPS) is 11.5. The van der Waals surface area contributed by atoms with Gasteiger partial charge in [0.05, 0.1) is 11.0 Å². The second kappa shape index (κ2) is 3.12. The Bertz CT molecular complexity index is 466. The number of nitrogens with one attached hydrogen (secondary N) is 1.